The summed E-state index contributed by atoms with van der Waals surface area (Å²) in [5.41, 5.74) is 2.96. The first-order valence-corrected chi connectivity index (χ1v) is 8.45. The van der Waals surface area contributed by atoms with Gasteiger partial charge in [0.25, 0.3) is 5.91 Å². The van der Waals surface area contributed by atoms with E-state index >= 15 is 0 Å². The second-order valence-corrected chi connectivity index (χ2v) is 6.44. The van der Waals surface area contributed by atoms with Crippen LogP contribution in [0.4, 0.5) is 5.69 Å². The van der Waals surface area contributed by atoms with Gasteiger partial charge in [-0.3, -0.25) is 4.79 Å². The summed E-state index contributed by atoms with van der Waals surface area (Å²) in [7, 11) is 0. The smallest absolute Gasteiger partial charge is 0.340 e. The lowest BCUT2D eigenvalue weighted by molar-refractivity contribution is -0.123. The van der Waals surface area contributed by atoms with Crippen molar-refractivity contribution < 1.29 is 14.3 Å². The predicted molar refractivity (Wildman–Crippen MR) is 99.0 cm³/mol. The molecule has 1 atom stereocenters. The van der Waals surface area contributed by atoms with Gasteiger partial charge in [-0.15, -0.1) is 0 Å². The zero-order chi connectivity index (χ0) is 19.4. The molecule has 0 unspecified atom stereocenters. The van der Waals surface area contributed by atoms with Crippen molar-refractivity contribution in [3.63, 3.8) is 0 Å². The van der Waals surface area contributed by atoms with Gasteiger partial charge in [0.15, 0.2) is 6.10 Å². The third kappa shape index (κ3) is 3.94. The van der Waals surface area contributed by atoms with Gasteiger partial charge in [-0.2, -0.15) is 5.26 Å². The number of hydrogen-bond acceptors (Lipinski definition) is 4. The highest BCUT2D eigenvalue weighted by Gasteiger charge is 2.23. The van der Waals surface area contributed by atoms with E-state index < -0.39 is 18.0 Å². The topological polar surface area (TPSA) is 84.1 Å². The van der Waals surface area contributed by atoms with Crippen LogP contribution in [-0.4, -0.2) is 22.5 Å². The van der Waals surface area contributed by atoms with Crippen LogP contribution in [0.3, 0.4) is 0 Å². The monoisotopic (exact) mass is 353 g/mol. The molecule has 0 aliphatic rings. The maximum atomic E-state index is 12.5. The Labute approximate surface area is 153 Å². The fraction of sp³-hybridized carbons (Fsp3) is 0.350. The number of amides is 1. The van der Waals surface area contributed by atoms with E-state index in [4.69, 9.17) is 10.00 Å². The minimum Gasteiger partial charge on any atom is -0.449 e. The van der Waals surface area contributed by atoms with Crippen LogP contribution >= 0.6 is 0 Å². The summed E-state index contributed by atoms with van der Waals surface area (Å²) in [6.07, 6.45) is -0.989. The number of rotatable bonds is 5. The van der Waals surface area contributed by atoms with Gasteiger partial charge >= 0.3 is 5.97 Å². The summed E-state index contributed by atoms with van der Waals surface area (Å²) in [4.78, 5) is 24.8. The van der Waals surface area contributed by atoms with E-state index in [1.807, 2.05) is 38.3 Å². The first kappa shape index (κ1) is 19.3. The molecule has 1 aromatic heterocycles. The molecule has 1 amide bonds. The first-order valence-electron chi connectivity index (χ1n) is 8.45. The van der Waals surface area contributed by atoms with E-state index in [0.717, 1.165) is 11.4 Å². The molecule has 6 nitrogen and oxygen atoms in total. The summed E-state index contributed by atoms with van der Waals surface area (Å²) in [5.74, 6) is -1.03. The van der Waals surface area contributed by atoms with Gasteiger partial charge in [0.05, 0.1) is 16.8 Å². The van der Waals surface area contributed by atoms with Gasteiger partial charge in [0.1, 0.15) is 6.07 Å². The SMILES string of the molecule is Cc1cc(C(=O)O[C@H](C)C(=O)Nc2ccccc2C#N)c(C)n1C(C)C. The van der Waals surface area contributed by atoms with Crippen LogP contribution in [0, 0.1) is 25.2 Å². The molecular weight excluding hydrogens is 330 g/mol. The predicted octanol–water partition coefficient (Wildman–Crippen LogP) is 3.74. The van der Waals surface area contributed by atoms with Crippen molar-refractivity contribution in [3.05, 3.63) is 52.8 Å². The van der Waals surface area contributed by atoms with Gasteiger partial charge in [-0.1, -0.05) is 12.1 Å². The molecule has 0 saturated heterocycles. The number of aryl methyl sites for hydroxylation is 1. The summed E-state index contributed by atoms with van der Waals surface area (Å²) in [5, 5.41) is 11.7. The van der Waals surface area contributed by atoms with Crippen LogP contribution in [0.15, 0.2) is 30.3 Å². The van der Waals surface area contributed by atoms with Crippen molar-refractivity contribution in [2.24, 2.45) is 0 Å². The molecule has 0 aliphatic heterocycles. The Kier molecular flexibility index (Phi) is 5.83. The molecule has 26 heavy (non-hydrogen) atoms. The molecule has 0 saturated carbocycles. The van der Waals surface area contributed by atoms with E-state index in [2.05, 4.69) is 5.32 Å². The number of aromatic nitrogens is 1. The van der Waals surface area contributed by atoms with Crippen molar-refractivity contribution in [2.45, 2.75) is 46.8 Å². The summed E-state index contributed by atoms with van der Waals surface area (Å²) < 4.78 is 7.37. The summed E-state index contributed by atoms with van der Waals surface area (Å²) in [6.45, 7) is 9.37. The number of nitrogens with one attached hydrogen (secondary N) is 1. The number of esters is 1. The van der Waals surface area contributed by atoms with Crippen LogP contribution in [-0.2, 0) is 9.53 Å². The molecule has 0 bridgehead atoms. The number of ether oxygens (including phenoxy) is 1. The molecule has 0 aliphatic carbocycles. The van der Waals surface area contributed by atoms with Gasteiger partial charge < -0.3 is 14.6 Å². The van der Waals surface area contributed by atoms with Crippen molar-refractivity contribution >= 4 is 17.6 Å². The lowest BCUT2D eigenvalue weighted by atomic mass is 10.2. The molecule has 0 fully saturated rings. The number of nitrogens with zero attached hydrogens (tertiary/aromatic N) is 2. The van der Waals surface area contributed by atoms with E-state index in [-0.39, 0.29) is 6.04 Å². The molecule has 0 radical (unpaired) electrons. The Balaban J connectivity index is 2.11. The summed E-state index contributed by atoms with van der Waals surface area (Å²) >= 11 is 0. The third-order valence-electron chi connectivity index (χ3n) is 4.18. The number of carbonyl (C=O) groups is 2. The molecule has 136 valence electrons. The molecule has 1 aromatic carbocycles. The Morgan fingerprint density at radius 3 is 2.42 bits per heavy atom. The maximum Gasteiger partial charge on any atom is 0.340 e. The number of nitriles is 1. The zero-order valence-electron chi connectivity index (χ0n) is 15.7. The highest BCUT2D eigenvalue weighted by molar-refractivity contribution is 5.98. The van der Waals surface area contributed by atoms with Gasteiger partial charge in [-0.25, -0.2) is 4.79 Å². The third-order valence-corrected chi connectivity index (χ3v) is 4.18. The fourth-order valence-corrected chi connectivity index (χ4v) is 2.98. The second-order valence-electron chi connectivity index (χ2n) is 6.44. The molecule has 0 spiro atoms. The quantitative estimate of drug-likeness (QED) is 0.830. The summed E-state index contributed by atoms with van der Waals surface area (Å²) in [6, 6.07) is 10.7. The van der Waals surface area contributed by atoms with Crippen molar-refractivity contribution in [3.8, 4) is 6.07 Å². The minimum atomic E-state index is -0.989. The normalized spacial score (nSPS) is 11.7. The number of para-hydroxylation sites is 1. The Morgan fingerprint density at radius 2 is 1.85 bits per heavy atom. The molecule has 6 heteroatoms. The molecule has 2 rings (SSSR count). The van der Waals surface area contributed by atoms with E-state index in [1.165, 1.54) is 6.92 Å². The number of anilines is 1. The minimum absolute atomic E-state index is 0.222. The van der Waals surface area contributed by atoms with Crippen LogP contribution in [0.5, 0.6) is 0 Å². The number of carbonyl (C=O) groups excluding carboxylic acids is 2. The first-order chi connectivity index (χ1) is 12.3. The Bertz CT molecular complexity index is 875. The van der Waals surface area contributed by atoms with Crippen molar-refractivity contribution in [1.82, 2.24) is 4.57 Å². The van der Waals surface area contributed by atoms with Gasteiger partial charge in [0.2, 0.25) is 0 Å². The largest absolute Gasteiger partial charge is 0.449 e. The molecule has 2 aromatic rings. The average Bonchev–Trinajstić information content (AvgIpc) is 2.89. The maximum absolute atomic E-state index is 12.5. The Morgan fingerprint density at radius 1 is 1.19 bits per heavy atom. The number of benzene rings is 1. The number of hydrogen-bond donors (Lipinski definition) is 1. The van der Waals surface area contributed by atoms with Crippen molar-refractivity contribution in [1.29, 1.82) is 5.26 Å². The highest BCUT2D eigenvalue weighted by atomic mass is 16.5. The van der Waals surface area contributed by atoms with Gasteiger partial charge in [0, 0.05) is 17.4 Å². The van der Waals surface area contributed by atoms with Crippen LogP contribution < -0.4 is 5.32 Å². The highest BCUT2D eigenvalue weighted by Crippen LogP contribution is 2.21. The fourth-order valence-electron chi connectivity index (χ4n) is 2.98. The second kappa shape index (κ2) is 7.87. The van der Waals surface area contributed by atoms with Crippen LogP contribution in [0.1, 0.15) is 54.1 Å². The van der Waals surface area contributed by atoms with Crippen LogP contribution in [0.2, 0.25) is 0 Å². The standard InChI is InChI=1S/C20H23N3O3/c1-12(2)23-13(3)10-17(14(23)4)20(25)26-15(5)19(24)22-18-9-7-6-8-16(18)11-21/h6-10,12,15H,1-5H3,(H,22,24)/t15-/m1/s1. The molecular formula is C20H23N3O3. The lowest BCUT2D eigenvalue weighted by Gasteiger charge is -2.15. The molecule has 1 N–H and O–H groups in total. The van der Waals surface area contributed by atoms with E-state index in [0.29, 0.717) is 16.8 Å². The van der Waals surface area contributed by atoms with Gasteiger partial charge in [-0.05, 0) is 52.8 Å². The van der Waals surface area contributed by atoms with Crippen LogP contribution in [0.25, 0.3) is 0 Å². The molecule has 1 heterocycles. The van der Waals surface area contributed by atoms with Crippen molar-refractivity contribution in [2.75, 3.05) is 5.32 Å². The lowest BCUT2D eigenvalue weighted by Crippen LogP contribution is -2.30. The van der Waals surface area contributed by atoms with E-state index in [1.54, 1.807) is 30.3 Å². The zero-order valence-corrected chi connectivity index (χ0v) is 15.7. The Hall–Kier alpha value is -3.07. The van der Waals surface area contributed by atoms with E-state index in [9.17, 15) is 9.59 Å². The average molecular weight is 353 g/mol.